The van der Waals surface area contributed by atoms with Crippen LogP contribution in [0.3, 0.4) is 0 Å². The summed E-state index contributed by atoms with van der Waals surface area (Å²) in [6.07, 6.45) is 3.99. The zero-order chi connectivity index (χ0) is 13.1. The van der Waals surface area contributed by atoms with Crippen molar-refractivity contribution >= 4 is 0 Å². The van der Waals surface area contributed by atoms with Gasteiger partial charge in [0.25, 0.3) is 0 Å². The Kier molecular flexibility index (Phi) is 4.46. The van der Waals surface area contributed by atoms with Gasteiger partial charge in [-0.2, -0.15) is 0 Å². The summed E-state index contributed by atoms with van der Waals surface area (Å²) in [5, 5.41) is 0. The summed E-state index contributed by atoms with van der Waals surface area (Å²) in [6.45, 7) is 9.34. The van der Waals surface area contributed by atoms with Crippen molar-refractivity contribution in [3.05, 3.63) is 23.2 Å². The van der Waals surface area contributed by atoms with Crippen molar-refractivity contribution in [3.8, 4) is 0 Å². The average molecular weight is 250 g/mol. The van der Waals surface area contributed by atoms with Gasteiger partial charge in [0, 0.05) is 18.2 Å². The number of hydrogen-bond donors (Lipinski definition) is 1. The molecular weight excluding hydrogens is 224 g/mol. The average Bonchev–Trinajstić information content (AvgIpc) is 3.10. The summed E-state index contributed by atoms with van der Waals surface area (Å²) >= 11 is 0. The minimum atomic E-state index is 0.496. The Labute approximate surface area is 110 Å². The third-order valence-corrected chi connectivity index (χ3v) is 3.70. The van der Waals surface area contributed by atoms with Crippen molar-refractivity contribution in [2.45, 2.75) is 59.2 Å². The van der Waals surface area contributed by atoms with Crippen LogP contribution in [-0.2, 0) is 13.1 Å². The predicted molar refractivity (Wildman–Crippen MR) is 74.2 cm³/mol. The van der Waals surface area contributed by atoms with E-state index >= 15 is 0 Å². The van der Waals surface area contributed by atoms with Crippen LogP contribution in [0.15, 0.2) is 10.5 Å². The molecule has 1 aliphatic carbocycles. The number of nitrogens with two attached hydrogens (primary N) is 1. The molecule has 0 spiro atoms. The fraction of sp³-hybridized carbons (Fsp3) is 0.733. The smallest absolute Gasteiger partial charge is 0.118 e. The van der Waals surface area contributed by atoms with Crippen LogP contribution in [0.4, 0.5) is 0 Å². The number of rotatable bonds is 7. The molecule has 1 saturated carbocycles. The zero-order valence-corrected chi connectivity index (χ0v) is 11.9. The van der Waals surface area contributed by atoms with Crippen molar-refractivity contribution in [2.75, 3.05) is 6.54 Å². The number of aryl methyl sites for hydroxylation is 1. The maximum atomic E-state index is 5.64. The van der Waals surface area contributed by atoms with Crippen LogP contribution in [0.2, 0.25) is 0 Å². The summed E-state index contributed by atoms with van der Waals surface area (Å²) < 4.78 is 5.64. The van der Waals surface area contributed by atoms with Crippen LogP contribution in [0.5, 0.6) is 0 Å². The van der Waals surface area contributed by atoms with Crippen LogP contribution >= 0.6 is 0 Å². The quantitative estimate of drug-likeness (QED) is 0.808. The fourth-order valence-electron chi connectivity index (χ4n) is 2.32. The van der Waals surface area contributed by atoms with Gasteiger partial charge in [-0.15, -0.1) is 0 Å². The van der Waals surface area contributed by atoms with E-state index in [0.29, 0.717) is 6.54 Å². The van der Waals surface area contributed by atoms with Gasteiger partial charge in [0.1, 0.15) is 11.5 Å². The van der Waals surface area contributed by atoms with Gasteiger partial charge in [-0.25, -0.2) is 0 Å². The van der Waals surface area contributed by atoms with Crippen LogP contribution < -0.4 is 5.73 Å². The monoisotopic (exact) mass is 250 g/mol. The second-order valence-corrected chi connectivity index (χ2v) is 5.88. The lowest BCUT2D eigenvalue weighted by Gasteiger charge is -2.22. The van der Waals surface area contributed by atoms with Crippen LogP contribution in [0.1, 0.15) is 50.2 Å². The molecule has 0 aliphatic heterocycles. The SMILES string of the molecule is Cc1oc(CN)cc1CN(CCC(C)C)C1CC1. The summed E-state index contributed by atoms with van der Waals surface area (Å²) in [4.78, 5) is 2.61. The highest BCUT2D eigenvalue weighted by Gasteiger charge is 2.29. The second-order valence-electron chi connectivity index (χ2n) is 5.88. The molecule has 2 N–H and O–H groups in total. The molecule has 3 heteroatoms. The minimum Gasteiger partial charge on any atom is -0.465 e. The molecule has 0 saturated heterocycles. The Morgan fingerprint density at radius 2 is 2.17 bits per heavy atom. The topological polar surface area (TPSA) is 42.4 Å². The van der Waals surface area contributed by atoms with E-state index in [-0.39, 0.29) is 0 Å². The highest BCUT2D eigenvalue weighted by molar-refractivity contribution is 5.21. The fourth-order valence-corrected chi connectivity index (χ4v) is 2.32. The first kappa shape index (κ1) is 13.6. The van der Waals surface area contributed by atoms with E-state index in [1.165, 1.54) is 31.4 Å². The first-order valence-corrected chi connectivity index (χ1v) is 7.12. The van der Waals surface area contributed by atoms with Gasteiger partial charge in [-0.3, -0.25) is 4.90 Å². The first-order valence-electron chi connectivity index (χ1n) is 7.12. The molecule has 102 valence electrons. The van der Waals surface area contributed by atoms with Gasteiger partial charge in [-0.1, -0.05) is 13.8 Å². The van der Waals surface area contributed by atoms with Crippen LogP contribution in [-0.4, -0.2) is 17.5 Å². The van der Waals surface area contributed by atoms with Crippen molar-refractivity contribution in [2.24, 2.45) is 11.7 Å². The molecule has 1 aromatic rings. The zero-order valence-electron chi connectivity index (χ0n) is 11.9. The molecule has 0 amide bonds. The second kappa shape index (κ2) is 5.89. The first-order chi connectivity index (χ1) is 8.60. The largest absolute Gasteiger partial charge is 0.465 e. The third-order valence-electron chi connectivity index (χ3n) is 3.70. The molecule has 0 unspecified atom stereocenters. The summed E-state index contributed by atoms with van der Waals surface area (Å²) in [5.41, 5.74) is 6.94. The normalized spacial score (nSPS) is 15.9. The van der Waals surface area contributed by atoms with Crippen LogP contribution in [0, 0.1) is 12.8 Å². The Balaban J connectivity index is 1.96. The highest BCUT2D eigenvalue weighted by Crippen LogP contribution is 2.30. The van der Waals surface area contributed by atoms with Gasteiger partial charge in [-0.05, 0) is 44.7 Å². The predicted octanol–water partition coefficient (Wildman–Crippen LogP) is 3.06. The van der Waals surface area contributed by atoms with E-state index in [0.717, 1.165) is 30.0 Å². The highest BCUT2D eigenvalue weighted by atomic mass is 16.3. The number of nitrogens with zero attached hydrogens (tertiary/aromatic N) is 1. The van der Waals surface area contributed by atoms with Crippen molar-refractivity contribution in [3.63, 3.8) is 0 Å². The molecule has 0 radical (unpaired) electrons. The van der Waals surface area contributed by atoms with Crippen molar-refractivity contribution in [1.29, 1.82) is 0 Å². The number of furan rings is 1. The Morgan fingerprint density at radius 1 is 1.44 bits per heavy atom. The molecule has 1 aromatic heterocycles. The molecule has 0 aromatic carbocycles. The standard InChI is InChI=1S/C15H26N2O/c1-11(2)6-7-17(14-4-5-14)10-13-8-15(9-16)18-12(13)3/h8,11,14H,4-7,9-10,16H2,1-3H3. The van der Waals surface area contributed by atoms with Gasteiger partial charge in [0.2, 0.25) is 0 Å². The van der Waals surface area contributed by atoms with E-state index in [1.54, 1.807) is 0 Å². The molecule has 18 heavy (non-hydrogen) atoms. The molecular formula is C15H26N2O. The van der Waals surface area contributed by atoms with E-state index in [2.05, 4.69) is 24.8 Å². The Bertz CT molecular complexity index is 380. The van der Waals surface area contributed by atoms with E-state index in [1.807, 2.05) is 6.92 Å². The number of hydrogen-bond acceptors (Lipinski definition) is 3. The summed E-state index contributed by atoms with van der Waals surface area (Å²) in [7, 11) is 0. The maximum absolute atomic E-state index is 5.64. The van der Waals surface area contributed by atoms with E-state index in [4.69, 9.17) is 10.2 Å². The van der Waals surface area contributed by atoms with E-state index in [9.17, 15) is 0 Å². The molecule has 1 aliphatic rings. The van der Waals surface area contributed by atoms with Gasteiger partial charge in [0.15, 0.2) is 0 Å². The lowest BCUT2D eigenvalue weighted by atomic mass is 10.1. The maximum Gasteiger partial charge on any atom is 0.118 e. The summed E-state index contributed by atoms with van der Waals surface area (Å²) in [6, 6.07) is 2.93. The Hall–Kier alpha value is -0.800. The van der Waals surface area contributed by atoms with Gasteiger partial charge in [0.05, 0.1) is 6.54 Å². The third kappa shape index (κ3) is 3.59. The lowest BCUT2D eigenvalue weighted by molar-refractivity contribution is 0.238. The van der Waals surface area contributed by atoms with Gasteiger partial charge < -0.3 is 10.2 Å². The van der Waals surface area contributed by atoms with Crippen molar-refractivity contribution < 1.29 is 4.42 Å². The summed E-state index contributed by atoms with van der Waals surface area (Å²) in [5.74, 6) is 2.71. The van der Waals surface area contributed by atoms with Crippen molar-refractivity contribution in [1.82, 2.24) is 4.90 Å². The van der Waals surface area contributed by atoms with Gasteiger partial charge >= 0.3 is 0 Å². The molecule has 3 nitrogen and oxygen atoms in total. The molecule has 0 bridgehead atoms. The molecule has 1 fully saturated rings. The Morgan fingerprint density at radius 3 is 2.67 bits per heavy atom. The molecule has 1 heterocycles. The van der Waals surface area contributed by atoms with Crippen LogP contribution in [0.25, 0.3) is 0 Å². The molecule has 0 atom stereocenters. The van der Waals surface area contributed by atoms with E-state index < -0.39 is 0 Å². The molecule has 2 rings (SSSR count). The lowest BCUT2D eigenvalue weighted by Crippen LogP contribution is -2.27. The minimum absolute atomic E-state index is 0.496.